The Kier molecular flexibility index (Phi) is 3.66. The monoisotopic (exact) mass is 305 g/mol. The molecule has 5 nitrogen and oxygen atoms in total. The largest absolute Gasteiger partial charge is 0.354 e. The lowest BCUT2D eigenvalue weighted by Crippen LogP contribution is -2.06. The van der Waals surface area contributed by atoms with Crippen molar-refractivity contribution >= 4 is 50.6 Å². The molecule has 102 valence electrons. The van der Waals surface area contributed by atoms with E-state index in [2.05, 4.69) is 49.2 Å². The molecule has 0 unspecified atom stereocenters. The number of fused-ring (bicyclic) bond motifs is 1. The van der Waals surface area contributed by atoms with Gasteiger partial charge in [0.2, 0.25) is 17.2 Å². The van der Waals surface area contributed by atoms with Crippen molar-refractivity contribution in [3.05, 3.63) is 34.9 Å². The fourth-order valence-corrected chi connectivity index (χ4v) is 2.75. The maximum absolute atomic E-state index is 5.89. The molecule has 0 saturated heterocycles. The minimum atomic E-state index is 0.162. The Balaban J connectivity index is 1.89. The van der Waals surface area contributed by atoms with E-state index in [0.717, 1.165) is 12.2 Å². The first-order chi connectivity index (χ1) is 9.74. The molecule has 20 heavy (non-hydrogen) atoms. The van der Waals surface area contributed by atoms with Crippen molar-refractivity contribution in [3.63, 3.8) is 0 Å². The van der Waals surface area contributed by atoms with Crippen molar-refractivity contribution in [1.82, 2.24) is 15.0 Å². The standard InChI is InChI=1S/C13H12ClN5S/c1-2-15-12-17-11(14)18-13(19-12)16-9-3-4-10-8(7-9)5-6-20-10/h3-7H,2H2,1H3,(H2,15,16,17,18,19). The van der Waals surface area contributed by atoms with Crippen molar-refractivity contribution in [2.45, 2.75) is 6.92 Å². The van der Waals surface area contributed by atoms with Crippen molar-refractivity contribution in [2.75, 3.05) is 17.2 Å². The number of rotatable bonds is 4. The molecule has 0 aliphatic rings. The lowest BCUT2D eigenvalue weighted by molar-refractivity contribution is 1.02. The lowest BCUT2D eigenvalue weighted by atomic mass is 10.2. The normalized spacial score (nSPS) is 10.7. The van der Waals surface area contributed by atoms with Gasteiger partial charge in [-0.05, 0) is 53.6 Å². The molecule has 3 aromatic rings. The van der Waals surface area contributed by atoms with Crippen molar-refractivity contribution < 1.29 is 0 Å². The third-order valence-electron chi connectivity index (χ3n) is 2.65. The van der Waals surface area contributed by atoms with Gasteiger partial charge in [0.25, 0.3) is 0 Å². The molecular weight excluding hydrogens is 294 g/mol. The van der Waals surface area contributed by atoms with Crippen LogP contribution in [0, 0.1) is 0 Å². The molecule has 2 heterocycles. The highest BCUT2D eigenvalue weighted by Gasteiger charge is 2.05. The highest BCUT2D eigenvalue weighted by Crippen LogP contribution is 2.25. The Hall–Kier alpha value is -1.92. The second-order valence-electron chi connectivity index (χ2n) is 4.08. The summed E-state index contributed by atoms with van der Waals surface area (Å²) in [6.45, 7) is 2.69. The third kappa shape index (κ3) is 2.81. The van der Waals surface area contributed by atoms with Crippen LogP contribution >= 0.6 is 22.9 Å². The van der Waals surface area contributed by atoms with Crippen LogP contribution in [0.25, 0.3) is 10.1 Å². The van der Waals surface area contributed by atoms with E-state index >= 15 is 0 Å². The first kappa shape index (κ1) is 13.1. The van der Waals surface area contributed by atoms with Gasteiger partial charge in [-0.1, -0.05) is 0 Å². The van der Waals surface area contributed by atoms with Gasteiger partial charge >= 0.3 is 0 Å². The number of thiophene rings is 1. The van der Waals surface area contributed by atoms with Crippen LogP contribution in [0.2, 0.25) is 5.28 Å². The number of halogens is 1. The van der Waals surface area contributed by atoms with E-state index in [0.29, 0.717) is 11.9 Å². The fraction of sp³-hybridized carbons (Fsp3) is 0.154. The molecule has 0 spiro atoms. The van der Waals surface area contributed by atoms with E-state index in [1.165, 1.54) is 10.1 Å². The molecule has 2 N–H and O–H groups in total. The molecule has 0 amide bonds. The minimum absolute atomic E-state index is 0.162. The second kappa shape index (κ2) is 5.60. The first-order valence-electron chi connectivity index (χ1n) is 6.14. The predicted molar refractivity (Wildman–Crippen MR) is 84.1 cm³/mol. The van der Waals surface area contributed by atoms with Crippen LogP contribution in [0.1, 0.15) is 6.92 Å². The van der Waals surface area contributed by atoms with Gasteiger partial charge in [0.05, 0.1) is 0 Å². The Morgan fingerprint density at radius 3 is 2.85 bits per heavy atom. The topological polar surface area (TPSA) is 62.7 Å². The van der Waals surface area contributed by atoms with Gasteiger partial charge in [0.15, 0.2) is 0 Å². The highest BCUT2D eigenvalue weighted by molar-refractivity contribution is 7.17. The number of anilines is 3. The van der Waals surface area contributed by atoms with Gasteiger partial charge in [-0.2, -0.15) is 15.0 Å². The Morgan fingerprint density at radius 1 is 1.15 bits per heavy atom. The summed E-state index contributed by atoms with van der Waals surface area (Å²) >= 11 is 7.60. The molecule has 1 aromatic carbocycles. The Bertz CT molecular complexity index is 742. The summed E-state index contributed by atoms with van der Waals surface area (Å²) in [6.07, 6.45) is 0. The van der Waals surface area contributed by atoms with Crippen LogP contribution in [0.5, 0.6) is 0 Å². The van der Waals surface area contributed by atoms with Crippen LogP contribution in [-0.4, -0.2) is 21.5 Å². The zero-order valence-electron chi connectivity index (χ0n) is 10.7. The average molecular weight is 306 g/mol. The van der Waals surface area contributed by atoms with Crippen LogP contribution < -0.4 is 10.6 Å². The fourth-order valence-electron chi connectivity index (χ4n) is 1.82. The molecule has 0 atom stereocenters. The maximum Gasteiger partial charge on any atom is 0.233 e. The summed E-state index contributed by atoms with van der Waals surface area (Å²) in [4.78, 5) is 12.3. The molecule has 3 rings (SSSR count). The smallest absolute Gasteiger partial charge is 0.233 e. The first-order valence-corrected chi connectivity index (χ1v) is 7.40. The molecule has 0 aliphatic heterocycles. The van der Waals surface area contributed by atoms with E-state index < -0.39 is 0 Å². The van der Waals surface area contributed by atoms with E-state index in [1.807, 2.05) is 13.0 Å². The molecule has 7 heteroatoms. The predicted octanol–water partition coefficient (Wildman–Crippen LogP) is 3.92. The quantitative estimate of drug-likeness (QED) is 0.765. The van der Waals surface area contributed by atoms with Crippen molar-refractivity contribution in [1.29, 1.82) is 0 Å². The summed E-state index contributed by atoms with van der Waals surface area (Å²) in [5.41, 5.74) is 0.917. The number of hydrogen-bond acceptors (Lipinski definition) is 6. The van der Waals surface area contributed by atoms with Crippen LogP contribution in [0.15, 0.2) is 29.6 Å². The van der Waals surface area contributed by atoms with Crippen molar-refractivity contribution in [3.8, 4) is 0 Å². The van der Waals surface area contributed by atoms with Gasteiger partial charge in [-0.3, -0.25) is 0 Å². The minimum Gasteiger partial charge on any atom is -0.354 e. The van der Waals surface area contributed by atoms with E-state index in [1.54, 1.807) is 11.3 Å². The van der Waals surface area contributed by atoms with Crippen LogP contribution in [-0.2, 0) is 0 Å². The van der Waals surface area contributed by atoms with Crippen LogP contribution in [0.3, 0.4) is 0 Å². The Labute approximate surface area is 125 Å². The second-order valence-corrected chi connectivity index (χ2v) is 5.37. The van der Waals surface area contributed by atoms with Gasteiger partial charge in [-0.25, -0.2) is 0 Å². The number of nitrogens with zero attached hydrogens (tertiary/aromatic N) is 3. The summed E-state index contributed by atoms with van der Waals surface area (Å²) < 4.78 is 1.25. The van der Waals surface area contributed by atoms with E-state index in [9.17, 15) is 0 Å². The number of nitrogens with one attached hydrogen (secondary N) is 2. The zero-order valence-corrected chi connectivity index (χ0v) is 12.3. The summed E-state index contributed by atoms with van der Waals surface area (Å²) in [6, 6.07) is 8.19. The number of benzene rings is 1. The number of hydrogen-bond donors (Lipinski definition) is 2. The molecule has 0 saturated carbocycles. The maximum atomic E-state index is 5.89. The molecule has 0 aliphatic carbocycles. The lowest BCUT2D eigenvalue weighted by Gasteiger charge is -2.07. The van der Waals surface area contributed by atoms with Gasteiger partial charge in [0, 0.05) is 16.9 Å². The van der Waals surface area contributed by atoms with E-state index in [-0.39, 0.29) is 5.28 Å². The molecule has 0 radical (unpaired) electrons. The molecule has 2 aromatic heterocycles. The average Bonchev–Trinajstić information content (AvgIpc) is 2.85. The summed E-state index contributed by atoms with van der Waals surface area (Å²) in [5, 5.41) is 9.57. The zero-order chi connectivity index (χ0) is 13.9. The third-order valence-corrected chi connectivity index (χ3v) is 3.72. The highest BCUT2D eigenvalue weighted by atomic mass is 35.5. The van der Waals surface area contributed by atoms with Crippen molar-refractivity contribution in [2.24, 2.45) is 0 Å². The molecule has 0 bridgehead atoms. The summed E-state index contributed by atoms with van der Waals surface area (Å²) in [5.74, 6) is 0.891. The SMILES string of the molecule is CCNc1nc(Cl)nc(Nc2ccc3sccc3c2)n1. The molecule has 0 fully saturated rings. The van der Waals surface area contributed by atoms with E-state index in [4.69, 9.17) is 11.6 Å². The Morgan fingerprint density at radius 2 is 2.00 bits per heavy atom. The summed E-state index contributed by atoms with van der Waals surface area (Å²) in [7, 11) is 0. The number of aromatic nitrogens is 3. The molecular formula is C13H12ClN5S. The van der Waals surface area contributed by atoms with Gasteiger partial charge in [0.1, 0.15) is 0 Å². The van der Waals surface area contributed by atoms with Gasteiger partial charge < -0.3 is 10.6 Å². The van der Waals surface area contributed by atoms with Gasteiger partial charge in [-0.15, -0.1) is 11.3 Å². The van der Waals surface area contributed by atoms with Crippen LogP contribution in [0.4, 0.5) is 17.6 Å².